The number of anilines is 1. The maximum absolute atomic E-state index is 12.7. The fourth-order valence-corrected chi connectivity index (χ4v) is 2.80. The normalized spacial score (nSPS) is 10.2. The van der Waals surface area contributed by atoms with E-state index in [4.69, 9.17) is 14.2 Å². The van der Waals surface area contributed by atoms with E-state index < -0.39 is 0 Å². The van der Waals surface area contributed by atoms with Crippen molar-refractivity contribution in [1.29, 1.82) is 0 Å². The number of para-hydroxylation sites is 1. The van der Waals surface area contributed by atoms with Crippen molar-refractivity contribution in [3.63, 3.8) is 0 Å². The van der Waals surface area contributed by atoms with Gasteiger partial charge in [0.1, 0.15) is 0 Å². The Kier molecular flexibility index (Phi) is 7.36. The van der Waals surface area contributed by atoms with Gasteiger partial charge in [-0.3, -0.25) is 4.79 Å². The van der Waals surface area contributed by atoms with E-state index in [0.29, 0.717) is 42.6 Å². The lowest BCUT2D eigenvalue weighted by atomic mass is 10.1. The first-order valence-electron chi connectivity index (χ1n) is 8.22. The third-order valence-electron chi connectivity index (χ3n) is 3.29. The minimum absolute atomic E-state index is 0.228. The van der Waals surface area contributed by atoms with Crippen molar-refractivity contribution in [2.45, 2.75) is 20.8 Å². The summed E-state index contributed by atoms with van der Waals surface area (Å²) in [7, 11) is 0. The zero-order chi connectivity index (χ0) is 18.2. The van der Waals surface area contributed by atoms with Gasteiger partial charge in [-0.2, -0.15) is 0 Å². The van der Waals surface area contributed by atoms with Crippen LogP contribution in [0.5, 0.6) is 17.2 Å². The van der Waals surface area contributed by atoms with E-state index in [-0.39, 0.29) is 5.91 Å². The lowest BCUT2D eigenvalue weighted by Crippen LogP contribution is -2.14. The molecule has 0 saturated heterocycles. The molecule has 0 radical (unpaired) electrons. The van der Waals surface area contributed by atoms with Gasteiger partial charge in [0.05, 0.1) is 25.5 Å². The van der Waals surface area contributed by atoms with Gasteiger partial charge in [0, 0.05) is 9.13 Å². The van der Waals surface area contributed by atoms with Crippen molar-refractivity contribution in [3.05, 3.63) is 45.5 Å². The second kappa shape index (κ2) is 9.50. The lowest BCUT2D eigenvalue weighted by molar-refractivity contribution is 0.102. The van der Waals surface area contributed by atoms with Gasteiger partial charge < -0.3 is 19.5 Å². The summed E-state index contributed by atoms with van der Waals surface area (Å²) in [6.07, 6.45) is 0. The monoisotopic (exact) mass is 455 g/mol. The number of carbonyl (C=O) groups is 1. The van der Waals surface area contributed by atoms with Gasteiger partial charge in [0.2, 0.25) is 5.75 Å². The van der Waals surface area contributed by atoms with E-state index in [2.05, 4.69) is 27.9 Å². The highest BCUT2D eigenvalue weighted by Gasteiger charge is 2.18. The Morgan fingerprint density at radius 1 is 0.960 bits per heavy atom. The summed E-state index contributed by atoms with van der Waals surface area (Å²) in [6.45, 7) is 7.07. The lowest BCUT2D eigenvalue weighted by Gasteiger charge is -2.17. The average molecular weight is 455 g/mol. The summed E-state index contributed by atoms with van der Waals surface area (Å²) >= 11 is 2.19. The molecule has 0 fully saturated rings. The van der Waals surface area contributed by atoms with Gasteiger partial charge in [-0.15, -0.1) is 0 Å². The van der Waals surface area contributed by atoms with Gasteiger partial charge in [-0.05, 0) is 67.6 Å². The number of halogens is 1. The second-order valence-corrected chi connectivity index (χ2v) is 6.20. The largest absolute Gasteiger partial charge is 0.490 e. The van der Waals surface area contributed by atoms with Gasteiger partial charge in [0.15, 0.2) is 11.5 Å². The Labute approximate surface area is 161 Å². The Morgan fingerprint density at radius 2 is 1.52 bits per heavy atom. The van der Waals surface area contributed by atoms with Crippen LogP contribution in [0.1, 0.15) is 31.1 Å². The predicted molar refractivity (Wildman–Crippen MR) is 107 cm³/mol. The molecule has 6 heteroatoms. The molecule has 0 aliphatic heterocycles. The summed E-state index contributed by atoms with van der Waals surface area (Å²) in [6, 6.07) is 11.0. The molecule has 0 bridgehead atoms. The molecule has 5 nitrogen and oxygen atoms in total. The summed E-state index contributed by atoms with van der Waals surface area (Å²) in [4.78, 5) is 12.7. The highest BCUT2D eigenvalue weighted by Crippen LogP contribution is 2.39. The molecule has 25 heavy (non-hydrogen) atoms. The number of nitrogens with one attached hydrogen (secondary N) is 1. The van der Waals surface area contributed by atoms with Crippen molar-refractivity contribution in [1.82, 2.24) is 0 Å². The number of ether oxygens (including phenoxy) is 3. The van der Waals surface area contributed by atoms with Gasteiger partial charge >= 0.3 is 0 Å². The maximum atomic E-state index is 12.7. The van der Waals surface area contributed by atoms with E-state index in [9.17, 15) is 4.79 Å². The predicted octanol–water partition coefficient (Wildman–Crippen LogP) is 4.74. The molecule has 0 saturated carbocycles. The van der Waals surface area contributed by atoms with E-state index in [1.165, 1.54) is 0 Å². The number of rotatable bonds is 8. The van der Waals surface area contributed by atoms with Crippen molar-refractivity contribution in [2.24, 2.45) is 0 Å². The van der Waals surface area contributed by atoms with E-state index in [1.54, 1.807) is 12.1 Å². The van der Waals surface area contributed by atoms with Crippen LogP contribution in [0.4, 0.5) is 5.69 Å². The standard InChI is InChI=1S/C19H22INO4/c1-4-23-16-11-13(12-17(24-5-2)18(16)25-6-3)19(22)21-15-10-8-7-9-14(15)20/h7-12H,4-6H2,1-3H3,(H,21,22). The SMILES string of the molecule is CCOc1cc(C(=O)Nc2ccccc2I)cc(OCC)c1OCC. The van der Waals surface area contributed by atoms with Gasteiger partial charge in [-0.1, -0.05) is 12.1 Å². The molecule has 0 heterocycles. The second-order valence-electron chi connectivity index (χ2n) is 5.03. The van der Waals surface area contributed by atoms with Crippen LogP contribution in [0.2, 0.25) is 0 Å². The summed E-state index contributed by atoms with van der Waals surface area (Å²) in [5.74, 6) is 1.30. The van der Waals surface area contributed by atoms with Crippen LogP contribution in [-0.2, 0) is 0 Å². The van der Waals surface area contributed by atoms with Crippen LogP contribution in [0.3, 0.4) is 0 Å². The third-order valence-corrected chi connectivity index (χ3v) is 4.23. The molecule has 0 aliphatic carbocycles. The zero-order valence-electron chi connectivity index (χ0n) is 14.6. The van der Waals surface area contributed by atoms with Crippen molar-refractivity contribution in [2.75, 3.05) is 25.1 Å². The molecular formula is C19H22INO4. The maximum Gasteiger partial charge on any atom is 0.255 e. The molecule has 0 aliphatic rings. The Hall–Kier alpha value is -1.96. The molecule has 2 rings (SSSR count). The zero-order valence-corrected chi connectivity index (χ0v) is 16.8. The van der Waals surface area contributed by atoms with Gasteiger partial charge in [0.25, 0.3) is 5.91 Å². The van der Waals surface area contributed by atoms with Crippen LogP contribution >= 0.6 is 22.6 Å². The summed E-state index contributed by atoms with van der Waals surface area (Å²) in [5.41, 5.74) is 1.22. The number of hydrogen-bond acceptors (Lipinski definition) is 4. The van der Waals surface area contributed by atoms with Crippen molar-refractivity contribution in [3.8, 4) is 17.2 Å². The molecule has 2 aromatic carbocycles. The number of hydrogen-bond donors (Lipinski definition) is 1. The third kappa shape index (κ3) is 5.01. The molecule has 134 valence electrons. The Morgan fingerprint density at radius 3 is 2.04 bits per heavy atom. The van der Waals surface area contributed by atoms with Crippen LogP contribution in [0.15, 0.2) is 36.4 Å². The van der Waals surface area contributed by atoms with Crippen LogP contribution in [0, 0.1) is 3.57 Å². The highest BCUT2D eigenvalue weighted by molar-refractivity contribution is 14.1. The fourth-order valence-electron chi connectivity index (χ4n) is 2.28. The molecule has 2 aromatic rings. The Balaban J connectivity index is 2.39. The number of amides is 1. The highest BCUT2D eigenvalue weighted by atomic mass is 127. The van der Waals surface area contributed by atoms with Crippen molar-refractivity contribution < 1.29 is 19.0 Å². The number of benzene rings is 2. The smallest absolute Gasteiger partial charge is 0.255 e. The topological polar surface area (TPSA) is 56.8 Å². The average Bonchev–Trinajstić information content (AvgIpc) is 2.60. The molecule has 1 amide bonds. The first-order chi connectivity index (χ1) is 12.1. The summed E-state index contributed by atoms with van der Waals surface area (Å²) in [5, 5.41) is 2.92. The fraction of sp³-hybridized carbons (Fsp3) is 0.316. The van der Waals surface area contributed by atoms with E-state index in [1.807, 2.05) is 45.0 Å². The summed E-state index contributed by atoms with van der Waals surface area (Å²) < 4.78 is 17.9. The van der Waals surface area contributed by atoms with Crippen LogP contribution in [0.25, 0.3) is 0 Å². The quantitative estimate of drug-likeness (QED) is 0.585. The van der Waals surface area contributed by atoms with Crippen molar-refractivity contribution >= 4 is 34.2 Å². The van der Waals surface area contributed by atoms with Gasteiger partial charge in [-0.25, -0.2) is 0 Å². The molecule has 0 atom stereocenters. The molecule has 1 N–H and O–H groups in total. The minimum Gasteiger partial charge on any atom is -0.490 e. The first-order valence-corrected chi connectivity index (χ1v) is 9.30. The van der Waals surface area contributed by atoms with Crippen LogP contribution < -0.4 is 19.5 Å². The molecular weight excluding hydrogens is 433 g/mol. The van der Waals surface area contributed by atoms with E-state index >= 15 is 0 Å². The molecule has 0 aromatic heterocycles. The van der Waals surface area contributed by atoms with Crippen LogP contribution in [-0.4, -0.2) is 25.7 Å². The number of carbonyl (C=O) groups excluding carboxylic acids is 1. The minimum atomic E-state index is -0.228. The van der Waals surface area contributed by atoms with E-state index in [0.717, 1.165) is 9.26 Å². The molecule has 0 spiro atoms. The Bertz CT molecular complexity index is 706. The molecule has 0 unspecified atom stereocenters. The first kappa shape index (κ1) is 19.4.